The highest BCUT2D eigenvalue weighted by atomic mass is 16.3. The molecule has 1 aliphatic heterocycles. The number of imidazole rings is 1. The summed E-state index contributed by atoms with van der Waals surface area (Å²) in [6, 6.07) is 7.52. The van der Waals surface area contributed by atoms with Crippen molar-refractivity contribution in [1.82, 2.24) is 24.7 Å². The van der Waals surface area contributed by atoms with Crippen LogP contribution in [0.3, 0.4) is 0 Å². The van der Waals surface area contributed by atoms with Crippen molar-refractivity contribution in [3.63, 3.8) is 0 Å². The van der Waals surface area contributed by atoms with Gasteiger partial charge in [-0.25, -0.2) is 4.98 Å². The first-order valence-corrected chi connectivity index (χ1v) is 10.9. The number of rotatable bonds is 5. The van der Waals surface area contributed by atoms with Crippen molar-refractivity contribution in [1.29, 1.82) is 0 Å². The van der Waals surface area contributed by atoms with E-state index in [2.05, 4.69) is 15.2 Å². The van der Waals surface area contributed by atoms with Crippen LogP contribution in [0.1, 0.15) is 32.0 Å². The Balaban J connectivity index is 1.49. The molecule has 30 heavy (non-hydrogen) atoms. The summed E-state index contributed by atoms with van der Waals surface area (Å²) < 4.78 is 1.98. The summed E-state index contributed by atoms with van der Waals surface area (Å²) in [7, 11) is 1.78. The first-order chi connectivity index (χ1) is 14.5. The third kappa shape index (κ3) is 3.94. The van der Waals surface area contributed by atoms with Crippen molar-refractivity contribution in [3.8, 4) is 0 Å². The molecular formula is C22H31N5O3. The van der Waals surface area contributed by atoms with E-state index in [4.69, 9.17) is 0 Å². The quantitative estimate of drug-likeness (QED) is 0.756. The smallest absolute Gasteiger partial charge is 0.242 e. The van der Waals surface area contributed by atoms with Crippen LogP contribution in [0.5, 0.6) is 0 Å². The molecule has 1 aromatic carbocycles. The topological polar surface area (TPSA) is 90.7 Å². The number of amides is 2. The van der Waals surface area contributed by atoms with Crippen LogP contribution in [-0.4, -0.2) is 81.1 Å². The Morgan fingerprint density at radius 2 is 2.13 bits per heavy atom. The molecule has 0 bridgehead atoms. The monoisotopic (exact) mass is 413 g/mol. The molecule has 2 amide bonds. The van der Waals surface area contributed by atoms with Crippen LogP contribution < -0.4 is 5.32 Å². The number of aromatic nitrogens is 2. The van der Waals surface area contributed by atoms with Gasteiger partial charge in [-0.3, -0.25) is 14.5 Å². The van der Waals surface area contributed by atoms with Crippen molar-refractivity contribution in [2.75, 3.05) is 26.7 Å². The third-order valence-corrected chi connectivity index (χ3v) is 6.56. The molecule has 2 fully saturated rings. The van der Waals surface area contributed by atoms with Gasteiger partial charge in [0, 0.05) is 32.6 Å². The van der Waals surface area contributed by atoms with E-state index >= 15 is 0 Å². The number of aryl methyl sites for hydroxylation is 1. The van der Waals surface area contributed by atoms with E-state index < -0.39 is 6.10 Å². The predicted octanol–water partition coefficient (Wildman–Crippen LogP) is 0.771. The number of piperazine rings is 1. The first-order valence-electron chi connectivity index (χ1n) is 10.9. The molecule has 8 heteroatoms. The normalized spacial score (nSPS) is 25.3. The van der Waals surface area contributed by atoms with Gasteiger partial charge in [-0.2, -0.15) is 0 Å². The van der Waals surface area contributed by atoms with Crippen LogP contribution in [0.4, 0.5) is 0 Å². The van der Waals surface area contributed by atoms with Crippen molar-refractivity contribution in [2.45, 2.75) is 57.3 Å². The number of carbonyl (C=O) groups is 2. The van der Waals surface area contributed by atoms with Crippen molar-refractivity contribution in [2.24, 2.45) is 0 Å². The van der Waals surface area contributed by atoms with Gasteiger partial charge in [0.25, 0.3) is 0 Å². The zero-order chi connectivity index (χ0) is 21.3. The largest absolute Gasteiger partial charge is 0.389 e. The molecule has 2 aliphatic rings. The molecule has 1 aliphatic carbocycles. The molecule has 2 heterocycles. The van der Waals surface area contributed by atoms with Crippen LogP contribution in [-0.2, 0) is 22.6 Å². The standard InChI is InChI=1S/C22H31N5O3/c1-3-19-24-15-7-4-5-8-16(15)27(19)14-21(29)25(2)17-9-6-10-18(22(17)30)26-12-11-23-20(28)13-26/h4-5,7-8,17-18,22,30H,3,6,9-14H2,1-2H3,(H,23,28)/t17-,18-,22-/m1/s1. The number of hydrogen-bond acceptors (Lipinski definition) is 5. The van der Waals surface area contributed by atoms with E-state index in [1.807, 2.05) is 35.8 Å². The zero-order valence-electron chi connectivity index (χ0n) is 17.8. The van der Waals surface area contributed by atoms with Crippen LogP contribution in [0.2, 0.25) is 0 Å². The Kier molecular flexibility index (Phi) is 6.06. The van der Waals surface area contributed by atoms with Crippen molar-refractivity contribution < 1.29 is 14.7 Å². The Hall–Kier alpha value is -2.45. The highest BCUT2D eigenvalue weighted by molar-refractivity contribution is 5.81. The summed E-state index contributed by atoms with van der Waals surface area (Å²) in [5.74, 6) is 0.854. The second-order valence-corrected chi connectivity index (χ2v) is 8.34. The molecule has 0 unspecified atom stereocenters. The van der Waals surface area contributed by atoms with Gasteiger partial charge in [-0.05, 0) is 31.4 Å². The van der Waals surface area contributed by atoms with Gasteiger partial charge < -0.3 is 19.9 Å². The SMILES string of the molecule is CCc1nc2ccccc2n1CC(=O)N(C)[C@@H]1CCC[C@@H](N2CCNC(=O)C2)[C@@H]1O. The molecule has 8 nitrogen and oxygen atoms in total. The maximum atomic E-state index is 13.2. The molecule has 1 saturated carbocycles. The van der Waals surface area contributed by atoms with E-state index in [-0.39, 0.29) is 30.4 Å². The van der Waals surface area contributed by atoms with Gasteiger partial charge in [0.1, 0.15) is 12.4 Å². The Labute approximate surface area is 176 Å². The van der Waals surface area contributed by atoms with Gasteiger partial charge in [-0.1, -0.05) is 19.1 Å². The van der Waals surface area contributed by atoms with E-state index in [9.17, 15) is 14.7 Å². The van der Waals surface area contributed by atoms with E-state index in [0.29, 0.717) is 13.1 Å². The molecule has 0 radical (unpaired) electrons. The minimum Gasteiger partial charge on any atom is -0.389 e. The molecule has 3 atom stereocenters. The fourth-order valence-corrected chi connectivity index (χ4v) is 4.90. The van der Waals surface area contributed by atoms with Gasteiger partial charge in [0.2, 0.25) is 11.8 Å². The number of carbonyl (C=O) groups excluding carboxylic acids is 2. The average Bonchev–Trinajstić information content (AvgIpc) is 3.11. The van der Waals surface area contributed by atoms with Crippen LogP contribution in [0.25, 0.3) is 11.0 Å². The molecule has 1 aromatic heterocycles. The summed E-state index contributed by atoms with van der Waals surface area (Å²) in [6.07, 6.45) is 2.63. The maximum Gasteiger partial charge on any atom is 0.242 e. The lowest BCUT2D eigenvalue weighted by Gasteiger charge is -2.45. The number of para-hydroxylation sites is 2. The lowest BCUT2D eigenvalue weighted by atomic mass is 9.86. The zero-order valence-corrected chi connectivity index (χ0v) is 17.8. The molecule has 4 rings (SSSR count). The summed E-state index contributed by atoms with van der Waals surface area (Å²) in [6.45, 7) is 3.90. The number of nitrogens with zero attached hydrogens (tertiary/aromatic N) is 4. The number of likely N-dealkylation sites (N-methyl/N-ethyl adjacent to an activating group) is 1. The fourth-order valence-electron chi connectivity index (χ4n) is 4.90. The van der Waals surface area contributed by atoms with Crippen LogP contribution >= 0.6 is 0 Å². The highest BCUT2D eigenvalue weighted by Gasteiger charge is 2.39. The Morgan fingerprint density at radius 3 is 2.90 bits per heavy atom. The van der Waals surface area contributed by atoms with Gasteiger partial charge >= 0.3 is 0 Å². The summed E-state index contributed by atoms with van der Waals surface area (Å²) in [4.78, 5) is 33.4. The Bertz CT molecular complexity index is 927. The second kappa shape index (κ2) is 8.73. The predicted molar refractivity (Wildman–Crippen MR) is 114 cm³/mol. The van der Waals surface area contributed by atoms with Gasteiger partial charge in [0.05, 0.1) is 29.7 Å². The van der Waals surface area contributed by atoms with Gasteiger partial charge in [0.15, 0.2) is 0 Å². The molecule has 0 spiro atoms. The second-order valence-electron chi connectivity index (χ2n) is 8.34. The number of aliphatic hydroxyl groups is 1. The van der Waals surface area contributed by atoms with E-state index in [1.165, 1.54) is 0 Å². The summed E-state index contributed by atoms with van der Waals surface area (Å²) >= 11 is 0. The highest BCUT2D eigenvalue weighted by Crippen LogP contribution is 2.28. The maximum absolute atomic E-state index is 13.2. The van der Waals surface area contributed by atoms with Crippen molar-refractivity contribution in [3.05, 3.63) is 30.1 Å². The number of nitrogens with one attached hydrogen (secondary N) is 1. The average molecular weight is 414 g/mol. The summed E-state index contributed by atoms with van der Waals surface area (Å²) in [5.41, 5.74) is 1.85. The molecule has 1 saturated heterocycles. The molecular weight excluding hydrogens is 382 g/mol. The van der Waals surface area contributed by atoms with Gasteiger partial charge in [-0.15, -0.1) is 0 Å². The van der Waals surface area contributed by atoms with Crippen LogP contribution in [0, 0.1) is 0 Å². The lowest BCUT2D eigenvalue weighted by molar-refractivity contribution is -0.139. The van der Waals surface area contributed by atoms with Crippen LogP contribution in [0.15, 0.2) is 24.3 Å². The van der Waals surface area contributed by atoms with E-state index in [0.717, 1.165) is 49.1 Å². The molecule has 162 valence electrons. The minimum absolute atomic E-state index is 0.000847. The number of hydrogen-bond donors (Lipinski definition) is 2. The lowest BCUT2D eigenvalue weighted by Crippen LogP contribution is -2.61. The van der Waals surface area contributed by atoms with E-state index in [1.54, 1.807) is 11.9 Å². The molecule has 2 N–H and O–H groups in total. The Morgan fingerprint density at radius 1 is 1.33 bits per heavy atom. The number of fused-ring (bicyclic) bond motifs is 1. The summed E-state index contributed by atoms with van der Waals surface area (Å²) in [5, 5.41) is 13.9. The minimum atomic E-state index is -0.663. The fraction of sp³-hybridized carbons (Fsp3) is 0.591. The number of aliphatic hydroxyl groups excluding tert-OH is 1. The van der Waals surface area contributed by atoms with Crippen molar-refractivity contribution >= 4 is 22.8 Å². The molecule has 2 aromatic rings. The number of benzene rings is 1. The first kappa shape index (κ1) is 20.8. The third-order valence-electron chi connectivity index (χ3n) is 6.56.